The molecule has 0 fully saturated rings. The highest BCUT2D eigenvalue weighted by Crippen LogP contribution is 2.31. The van der Waals surface area contributed by atoms with E-state index in [4.69, 9.17) is 4.52 Å². The maximum atomic E-state index is 12.8. The van der Waals surface area contributed by atoms with E-state index in [2.05, 4.69) is 19.8 Å². The van der Waals surface area contributed by atoms with Crippen molar-refractivity contribution >= 4 is 10.0 Å². The number of rotatable bonds is 4. The van der Waals surface area contributed by atoms with Gasteiger partial charge in [-0.05, 0) is 33.1 Å². The van der Waals surface area contributed by atoms with Crippen molar-refractivity contribution in [3.63, 3.8) is 0 Å². The molecule has 7 nitrogen and oxygen atoms in total. The van der Waals surface area contributed by atoms with Gasteiger partial charge in [0.1, 0.15) is 10.6 Å². The topological polar surface area (TPSA) is 98.0 Å². The van der Waals surface area contributed by atoms with Crippen LogP contribution >= 0.6 is 0 Å². The first-order valence-corrected chi connectivity index (χ1v) is 10.3. The Morgan fingerprint density at radius 3 is 2.67 bits per heavy atom. The van der Waals surface area contributed by atoms with Crippen LogP contribution in [0.2, 0.25) is 0 Å². The van der Waals surface area contributed by atoms with Gasteiger partial charge in [0, 0.05) is 23.0 Å². The molecule has 8 heteroatoms. The molecule has 3 aromatic rings. The van der Waals surface area contributed by atoms with E-state index in [-0.39, 0.29) is 16.7 Å². The van der Waals surface area contributed by atoms with Crippen molar-refractivity contribution in [2.45, 2.75) is 44.0 Å². The Labute approximate surface area is 157 Å². The summed E-state index contributed by atoms with van der Waals surface area (Å²) in [6, 6.07) is 9.39. The zero-order chi connectivity index (χ0) is 19.0. The molecule has 0 saturated heterocycles. The second kappa shape index (κ2) is 6.86. The molecule has 0 aliphatic heterocycles. The van der Waals surface area contributed by atoms with E-state index in [1.54, 1.807) is 20.0 Å². The van der Waals surface area contributed by atoms with E-state index in [1.807, 2.05) is 30.3 Å². The van der Waals surface area contributed by atoms with E-state index in [0.717, 1.165) is 29.7 Å². The Kier molecular flexibility index (Phi) is 4.53. The number of nitrogens with one attached hydrogen (secondary N) is 1. The molecule has 1 unspecified atom stereocenters. The minimum Gasteiger partial charge on any atom is -0.360 e. The number of nitrogens with zero attached hydrogens (tertiary/aromatic N) is 3. The minimum atomic E-state index is -3.74. The lowest BCUT2D eigenvalue weighted by Gasteiger charge is -2.25. The zero-order valence-corrected chi connectivity index (χ0v) is 16.0. The van der Waals surface area contributed by atoms with Crippen LogP contribution in [0.25, 0.3) is 11.4 Å². The van der Waals surface area contributed by atoms with Gasteiger partial charge < -0.3 is 4.52 Å². The monoisotopic (exact) mass is 384 g/mol. The molecular weight excluding hydrogens is 364 g/mol. The lowest BCUT2D eigenvalue weighted by molar-refractivity contribution is 0.390. The van der Waals surface area contributed by atoms with Crippen LogP contribution in [0.4, 0.5) is 0 Å². The van der Waals surface area contributed by atoms with E-state index in [9.17, 15) is 8.42 Å². The van der Waals surface area contributed by atoms with Crippen LogP contribution in [0.3, 0.4) is 0 Å². The molecule has 2 heterocycles. The number of hydrogen-bond acceptors (Lipinski definition) is 6. The highest BCUT2D eigenvalue weighted by atomic mass is 32.2. The molecule has 0 radical (unpaired) electrons. The van der Waals surface area contributed by atoms with Crippen molar-refractivity contribution < 1.29 is 12.9 Å². The van der Waals surface area contributed by atoms with Gasteiger partial charge in [-0.1, -0.05) is 35.5 Å². The fraction of sp³-hybridized carbons (Fsp3) is 0.316. The summed E-state index contributed by atoms with van der Waals surface area (Å²) < 4.78 is 33.5. The first-order chi connectivity index (χ1) is 13.0. The van der Waals surface area contributed by atoms with Gasteiger partial charge in [-0.15, -0.1) is 0 Å². The van der Waals surface area contributed by atoms with Crippen LogP contribution in [0.1, 0.15) is 41.6 Å². The maximum Gasteiger partial charge on any atom is 0.246 e. The largest absolute Gasteiger partial charge is 0.360 e. The van der Waals surface area contributed by atoms with Crippen molar-refractivity contribution in [1.29, 1.82) is 0 Å². The summed E-state index contributed by atoms with van der Waals surface area (Å²) in [5.41, 5.74) is 3.02. The summed E-state index contributed by atoms with van der Waals surface area (Å²) >= 11 is 0. The average Bonchev–Trinajstić information content (AvgIpc) is 3.01. The fourth-order valence-corrected chi connectivity index (χ4v) is 5.08. The van der Waals surface area contributed by atoms with Crippen molar-refractivity contribution in [3.8, 4) is 11.4 Å². The standard InChI is InChI=1S/C19H20N4O3S/c1-12-18(13(2)26-22-12)27(24,25)23-17-10-6-9-16-15(17)11-20-19(21-16)14-7-4-3-5-8-14/h3-5,7-8,11,17,23H,6,9-10H2,1-2H3. The lowest BCUT2D eigenvalue weighted by Crippen LogP contribution is -2.32. The van der Waals surface area contributed by atoms with Crippen molar-refractivity contribution in [1.82, 2.24) is 19.8 Å². The minimum absolute atomic E-state index is 0.108. The number of fused-ring (bicyclic) bond motifs is 1. The molecule has 0 amide bonds. The van der Waals surface area contributed by atoms with E-state index >= 15 is 0 Å². The van der Waals surface area contributed by atoms with Crippen molar-refractivity contribution in [3.05, 3.63) is 59.2 Å². The highest BCUT2D eigenvalue weighted by molar-refractivity contribution is 7.89. The zero-order valence-electron chi connectivity index (χ0n) is 15.1. The van der Waals surface area contributed by atoms with Crippen LogP contribution in [-0.2, 0) is 16.4 Å². The fourth-order valence-electron chi connectivity index (χ4n) is 3.50. The SMILES string of the molecule is Cc1noc(C)c1S(=O)(=O)NC1CCCc2nc(-c3ccccc3)ncc21. The van der Waals surface area contributed by atoms with Gasteiger partial charge in [-0.25, -0.2) is 23.1 Å². The third-order valence-electron chi connectivity index (χ3n) is 4.75. The molecule has 140 valence electrons. The van der Waals surface area contributed by atoms with Gasteiger partial charge in [0.05, 0.1) is 6.04 Å². The predicted molar refractivity (Wildman–Crippen MR) is 99.4 cm³/mol. The second-order valence-corrected chi connectivity index (χ2v) is 8.33. The summed E-state index contributed by atoms with van der Waals surface area (Å²) in [6.07, 6.45) is 4.10. The quantitative estimate of drug-likeness (QED) is 0.742. The van der Waals surface area contributed by atoms with Crippen LogP contribution in [-0.4, -0.2) is 23.5 Å². The predicted octanol–water partition coefficient (Wildman–Crippen LogP) is 3.10. The molecule has 0 bridgehead atoms. The van der Waals surface area contributed by atoms with Gasteiger partial charge in [0.25, 0.3) is 0 Å². The molecule has 1 aliphatic carbocycles. The molecule has 1 atom stereocenters. The number of sulfonamides is 1. The maximum absolute atomic E-state index is 12.8. The van der Waals surface area contributed by atoms with E-state index in [1.165, 1.54) is 0 Å². The highest BCUT2D eigenvalue weighted by Gasteiger charge is 2.30. The number of hydrogen-bond donors (Lipinski definition) is 1. The summed E-state index contributed by atoms with van der Waals surface area (Å²) in [6.45, 7) is 3.22. The first kappa shape index (κ1) is 17.8. The summed E-state index contributed by atoms with van der Waals surface area (Å²) in [5.74, 6) is 0.940. The molecule has 1 N–H and O–H groups in total. The lowest BCUT2D eigenvalue weighted by atomic mass is 9.93. The van der Waals surface area contributed by atoms with Crippen LogP contribution in [0.15, 0.2) is 45.9 Å². The van der Waals surface area contributed by atoms with Gasteiger partial charge in [-0.3, -0.25) is 0 Å². The van der Waals surface area contributed by atoms with Crippen LogP contribution in [0, 0.1) is 13.8 Å². The third-order valence-corrected chi connectivity index (χ3v) is 6.46. The van der Waals surface area contributed by atoms with Crippen molar-refractivity contribution in [2.75, 3.05) is 0 Å². The Balaban J connectivity index is 1.66. The second-order valence-electron chi connectivity index (χ2n) is 6.68. The molecule has 1 aromatic carbocycles. The molecule has 4 rings (SSSR count). The molecule has 2 aromatic heterocycles. The molecule has 27 heavy (non-hydrogen) atoms. The Morgan fingerprint density at radius 2 is 1.96 bits per heavy atom. The third kappa shape index (κ3) is 3.38. The number of aryl methyl sites for hydroxylation is 3. The molecular formula is C19H20N4O3S. The Morgan fingerprint density at radius 1 is 1.19 bits per heavy atom. The summed E-state index contributed by atoms with van der Waals surface area (Å²) in [5, 5.41) is 3.75. The Hall–Kier alpha value is -2.58. The van der Waals surface area contributed by atoms with Crippen LogP contribution in [0.5, 0.6) is 0 Å². The number of benzene rings is 1. The average molecular weight is 384 g/mol. The summed E-state index contributed by atoms with van der Waals surface area (Å²) in [4.78, 5) is 9.26. The van der Waals surface area contributed by atoms with E-state index in [0.29, 0.717) is 17.9 Å². The van der Waals surface area contributed by atoms with Gasteiger partial charge in [-0.2, -0.15) is 0 Å². The molecule has 1 aliphatic rings. The van der Waals surface area contributed by atoms with Gasteiger partial charge >= 0.3 is 0 Å². The smallest absolute Gasteiger partial charge is 0.246 e. The normalized spacial score (nSPS) is 16.9. The van der Waals surface area contributed by atoms with E-state index < -0.39 is 10.0 Å². The molecule has 0 spiro atoms. The first-order valence-electron chi connectivity index (χ1n) is 8.82. The summed E-state index contributed by atoms with van der Waals surface area (Å²) in [7, 11) is -3.74. The number of aromatic nitrogens is 3. The molecule has 0 saturated carbocycles. The van der Waals surface area contributed by atoms with Gasteiger partial charge in [0.2, 0.25) is 10.0 Å². The Bertz CT molecular complexity index is 1060. The van der Waals surface area contributed by atoms with Gasteiger partial charge in [0.15, 0.2) is 11.6 Å². The van der Waals surface area contributed by atoms with Crippen molar-refractivity contribution in [2.24, 2.45) is 0 Å². The van der Waals surface area contributed by atoms with Crippen LogP contribution < -0.4 is 4.72 Å².